The normalized spacial score (nSPS) is 15.3. The molecule has 0 unspecified atom stereocenters. The average Bonchev–Trinajstić information content (AvgIpc) is 3.29. The number of benzene rings is 1. The van der Waals surface area contributed by atoms with Crippen LogP contribution in [0.1, 0.15) is 43.7 Å². The Kier molecular flexibility index (Phi) is 6.21. The Morgan fingerprint density at radius 1 is 1.10 bits per heavy atom. The third-order valence-electron chi connectivity index (χ3n) is 3.78. The van der Waals surface area contributed by atoms with Gasteiger partial charge in [-0.1, -0.05) is 31.2 Å². The largest absolute Gasteiger partial charge is 0.314 e. The molecule has 21 heavy (non-hydrogen) atoms. The summed E-state index contributed by atoms with van der Waals surface area (Å²) in [6.45, 7) is 3.42. The number of aryl methyl sites for hydroxylation is 1. The summed E-state index contributed by atoms with van der Waals surface area (Å²) in [5.74, 6) is 0.215. The Hall–Kier alpha value is -0.910. The van der Waals surface area contributed by atoms with E-state index in [4.69, 9.17) is 0 Å². The number of sulfonamides is 1. The topological polar surface area (TPSA) is 58.2 Å². The van der Waals surface area contributed by atoms with E-state index in [2.05, 4.69) is 17.0 Å². The molecule has 0 radical (unpaired) electrons. The first kappa shape index (κ1) is 16.5. The third-order valence-corrected chi connectivity index (χ3v) is 5.19. The summed E-state index contributed by atoms with van der Waals surface area (Å²) < 4.78 is 26.5. The lowest BCUT2D eigenvalue weighted by molar-refractivity contribution is 0.573. The van der Waals surface area contributed by atoms with Gasteiger partial charge in [-0.05, 0) is 49.8 Å². The predicted molar refractivity (Wildman–Crippen MR) is 86.7 cm³/mol. The van der Waals surface area contributed by atoms with Gasteiger partial charge in [0.25, 0.3) is 0 Å². The van der Waals surface area contributed by atoms with Crippen LogP contribution < -0.4 is 10.0 Å². The molecule has 2 N–H and O–H groups in total. The molecule has 0 bridgehead atoms. The fraction of sp³-hybridized carbons (Fsp3) is 0.625. The van der Waals surface area contributed by atoms with Gasteiger partial charge in [0.1, 0.15) is 0 Å². The highest BCUT2D eigenvalue weighted by atomic mass is 32.2. The summed E-state index contributed by atoms with van der Waals surface area (Å²) in [6, 6.07) is 8.77. The molecule has 1 aromatic rings. The van der Waals surface area contributed by atoms with Crippen LogP contribution in [0.4, 0.5) is 0 Å². The molecule has 0 spiro atoms. The summed E-state index contributed by atoms with van der Waals surface area (Å²) in [5, 5.41) is 3.40. The zero-order valence-electron chi connectivity index (χ0n) is 12.8. The van der Waals surface area contributed by atoms with E-state index >= 15 is 0 Å². The van der Waals surface area contributed by atoms with E-state index in [0.29, 0.717) is 19.0 Å². The van der Waals surface area contributed by atoms with E-state index in [1.807, 2.05) is 24.3 Å². The molecule has 118 valence electrons. The highest BCUT2D eigenvalue weighted by Crippen LogP contribution is 2.18. The maximum Gasteiger partial charge on any atom is 0.211 e. The van der Waals surface area contributed by atoms with Gasteiger partial charge in [-0.3, -0.25) is 0 Å². The molecule has 1 aliphatic carbocycles. The maximum atomic E-state index is 11.9. The zero-order chi connectivity index (χ0) is 15.1. The molecule has 1 aromatic carbocycles. The first-order valence-corrected chi connectivity index (χ1v) is 9.53. The quantitative estimate of drug-likeness (QED) is 0.651. The summed E-state index contributed by atoms with van der Waals surface area (Å²) in [7, 11) is -3.16. The van der Waals surface area contributed by atoms with Gasteiger partial charge in [0.15, 0.2) is 0 Å². The molecule has 0 aliphatic heterocycles. The molecule has 0 heterocycles. The fourth-order valence-corrected chi connectivity index (χ4v) is 3.28. The molecule has 0 atom stereocenters. The highest BCUT2D eigenvalue weighted by molar-refractivity contribution is 7.89. The van der Waals surface area contributed by atoms with Crippen LogP contribution in [0.2, 0.25) is 0 Å². The molecular weight excluding hydrogens is 284 g/mol. The van der Waals surface area contributed by atoms with Crippen LogP contribution in [0.5, 0.6) is 0 Å². The molecule has 1 fully saturated rings. The lowest BCUT2D eigenvalue weighted by atomic mass is 10.1. The number of nitrogens with one attached hydrogen (secondary N) is 2. The molecule has 1 saturated carbocycles. The van der Waals surface area contributed by atoms with Crippen molar-refractivity contribution in [2.24, 2.45) is 0 Å². The van der Waals surface area contributed by atoms with E-state index < -0.39 is 10.0 Å². The SMILES string of the molecule is CCc1ccc(CNS(=O)(=O)CCCCNC2CC2)cc1. The molecular formula is C16H26N2O2S. The summed E-state index contributed by atoms with van der Waals surface area (Å²) in [6.07, 6.45) is 5.18. The second kappa shape index (κ2) is 7.92. The van der Waals surface area contributed by atoms with Crippen LogP contribution in [0.3, 0.4) is 0 Å². The van der Waals surface area contributed by atoms with Gasteiger partial charge in [-0.25, -0.2) is 13.1 Å². The number of rotatable bonds is 10. The smallest absolute Gasteiger partial charge is 0.211 e. The Morgan fingerprint density at radius 2 is 1.76 bits per heavy atom. The van der Waals surface area contributed by atoms with Crippen LogP contribution in [0.25, 0.3) is 0 Å². The fourth-order valence-electron chi connectivity index (χ4n) is 2.17. The minimum absolute atomic E-state index is 0.215. The van der Waals surface area contributed by atoms with Crippen LogP contribution in [0, 0.1) is 0 Å². The standard InChI is InChI=1S/C16H26N2O2S/c1-2-14-5-7-15(8-6-14)13-18-21(19,20)12-4-3-11-17-16-9-10-16/h5-8,16-18H,2-4,9-13H2,1H3. The van der Waals surface area contributed by atoms with Crippen molar-refractivity contribution in [1.29, 1.82) is 0 Å². The predicted octanol–water partition coefficient (Wildman–Crippen LogP) is 2.20. The van der Waals surface area contributed by atoms with Crippen LogP contribution in [0.15, 0.2) is 24.3 Å². The lowest BCUT2D eigenvalue weighted by Crippen LogP contribution is -2.26. The van der Waals surface area contributed by atoms with Crippen molar-refractivity contribution >= 4 is 10.0 Å². The number of hydrogen-bond acceptors (Lipinski definition) is 3. The minimum atomic E-state index is -3.16. The van der Waals surface area contributed by atoms with Crippen molar-refractivity contribution < 1.29 is 8.42 Å². The van der Waals surface area contributed by atoms with Crippen LogP contribution in [-0.4, -0.2) is 26.8 Å². The molecule has 0 amide bonds. The van der Waals surface area contributed by atoms with Gasteiger partial charge < -0.3 is 5.32 Å². The summed E-state index contributed by atoms with van der Waals surface area (Å²) in [4.78, 5) is 0. The Labute approximate surface area is 128 Å². The molecule has 1 aliphatic rings. The van der Waals surface area contributed by atoms with E-state index in [1.165, 1.54) is 18.4 Å². The van der Waals surface area contributed by atoms with E-state index in [0.717, 1.165) is 24.9 Å². The number of unbranched alkanes of at least 4 members (excludes halogenated alkanes) is 1. The Balaban J connectivity index is 1.64. The van der Waals surface area contributed by atoms with Crippen LogP contribution in [-0.2, 0) is 23.0 Å². The van der Waals surface area contributed by atoms with Gasteiger partial charge in [0.05, 0.1) is 5.75 Å². The second-order valence-electron chi connectivity index (χ2n) is 5.75. The van der Waals surface area contributed by atoms with Gasteiger partial charge >= 0.3 is 0 Å². The van der Waals surface area contributed by atoms with E-state index in [1.54, 1.807) is 0 Å². The Bertz CT molecular complexity index is 522. The highest BCUT2D eigenvalue weighted by Gasteiger charge is 2.19. The van der Waals surface area contributed by atoms with E-state index in [9.17, 15) is 8.42 Å². The maximum absolute atomic E-state index is 11.9. The summed E-state index contributed by atoms with van der Waals surface area (Å²) >= 11 is 0. The van der Waals surface area contributed by atoms with Gasteiger partial charge in [0.2, 0.25) is 10.0 Å². The minimum Gasteiger partial charge on any atom is -0.314 e. The van der Waals surface area contributed by atoms with Crippen molar-refractivity contribution in [3.63, 3.8) is 0 Å². The third kappa shape index (κ3) is 6.59. The van der Waals surface area contributed by atoms with Crippen molar-refractivity contribution in [2.45, 2.75) is 51.6 Å². The molecule has 2 rings (SSSR count). The van der Waals surface area contributed by atoms with Crippen LogP contribution >= 0.6 is 0 Å². The van der Waals surface area contributed by atoms with Crippen molar-refractivity contribution in [2.75, 3.05) is 12.3 Å². The molecule has 5 heteroatoms. The lowest BCUT2D eigenvalue weighted by Gasteiger charge is -2.08. The van der Waals surface area contributed by atoms with Gasteiger partial charge in [0, 0.05) is 12.6 Å². The molecule has 0 saturated heterocycles. The molecule has 4 nitrogen and oxygen atoms in total. The second-order valence-corrected chi connectivity index (χ2v) is 7.67. The number of hydrogen-bond donors (Lipinski definition) is 2. The monoisotopic (exact) mass is 310 g/mol. The van der Waals surface area contributed by atoms with Crippen molar-refractivity contribution in [3.8, 4) is 0 Å². The van der Waals surface area contributed by atoms with Gasteiger partial charge in [-0.2, -0.15) is 0 Å². The van der Waals surface area contributed by atoms with Gasteiger partial charge in [-0.15, -0.1) is 0 Å². The first-order chi connectivity index (χ1) is 10.1. The van der Waals surface area contributed by atoms with Crippen molar-refractivity contribution in [3.05, 3.63) is 35.4 Å². The zero-order valence-corrected chi connectivity index (χ0v) is 13.6. The summed E-state index contributed by atoms with van der Waals surface area (Å²) in [5.41, 5.74) is 2.27. The Morgan fingerprint density at radius 3 is 2.38 bits per heavy atom. The first-order valence-electron chi connectivity index (χ1n) is 7.87. The van der Waals surface area contributed by atoms with E-state index in [-0.39, 0.29) is 5.75 Å². The molecule has 0 aromatic heterocycles. The average molecular weight is 310 g/mol. The van der Waals surface area contributed by atoms with Crippen molar-refractivity contribution in [1.82, 2.24) is 10.0 Å².